The summed E-state index contributed by atoms with van der Waals surface area (Å²) in [5, 5.41) is 3.04. The van der Waals surface area contributed by atoms with E-state index >= 15 is 0 Å². The average molecular weight is 200 g/mol. The lowest BCUT2D eigenvalue weighted by Gasteiger charge is -1.82. The van der Waals surface area contributed by atoms with Crippen molar-refractivity contribution >= 4 is 21.6 Å². The maximum atomic E-state index is 4.16. The van der Waals surface area contributed by atoms with Gasteiger partial charge in [-0.25, -0.2) is 9.50 Å². The Balaban J connectivity index is 2.95. The van der Waals surface area contributed by atoms with Crippen molar-refractivity contribution in [3.05, 3.63) is 22.6 Å². The first-order valence-electron chi connectivity index (χ1n) is 2.96. The summed E-state index contributed by atoms with van der Waals surface area (Å²) in [6, 6.07) is 0. The molecular formula is C6H6BrN3. The number of halogens is 1. The number of H-pyrrole nitrogens is 1. The van der Waals surface area contributed by atoms with E-state index in [2.05, 4.69) is 26.0 Å². The second-order valence-electron chi connectivity index (χ2n) is 2.20. The Bertz CT molecular complexity index is 324. The summed E-state index contributed by atoms with van der Waals surface area (Å²) in [5.41, 5.74) is 2.14. The van der Waals surface area contributed by atoms with Gasteiger partial charge in [0, 0.05) is 11.8 Å². The molecule has 0 atom stereocenters. The lowest BCUT2D eigenvalue weighted by molar-refractivity contribution is 0.950. The highest BCUT2D eigenvalue weighted by molar-refractivity contribution is 9.10. The number of nitrogens with zero attached hydrogens (tertiary/aromatic N) is 2. The minimum atomic E-state index is 0.954. The molecule has 0 bridgehead atoms. The third kappa shape index (κ3) is 0.623. The Labute approximate surface area is 66.2 Å². The normalized spacial score (nSPS) is 11.0. The lowest BCUT2D eigenvalue weighted by atomic mass is 10.4. The van der Waals surface area contributed by atoms with Crippen LogP contribution in [-0.2, 0) is 0 Å². The molecule has 10 heavy (non-hydrogen) atoms. The highest BCUT2D eigenvalue weighted by Gasteiger charge is 2.02. The highest BCUT2D eigenvalue weighted by Crippen LogP contribution is 2.13. The van der Waals surface area contributed by atoms with Crippen molar-refractivity contribution in [1.82, 2.24) is 14.6 Å². The number of rotatable bonds is 0. The summed E-state index contributed by atoms with van der Waals surface area (Å²) in [6.45, 7) is 2.02. The molecule has 0 radical (unpaired) electrons. The van der Waals surface area contributed by atoms with Crippen LogP contribution < -0.4 is 0 Å². The fraction of sp³-hybridized carbons (Fsp3) is 0.167. The van der Waals surface area contributed by atoms with Crippen molar-refractivity contribution in [2.45, 2.75) is 6.92 Å². The van der Waals surface area contributed by atoms with Crippen molar-refractivity contribution in [3.8, 4) is 0 Å². The molecule has 52 valence electrons. The van der Waals surface area contributed by atoms with E-state index in [0.29, 0.717) is 0 Å². The van der Waals surface area contributed by atoms with Gasteiger partial charge in [-0.05, 0) is 22.9 Å². The first-order valence-corrected chi connectivity index (χ1v) is 3.75. The molecule has 0 aromatic carbocycles. The molecule has 0 spiro atoms. The maximum Gasteiger partial charge on any atom is 0.156 e. The Kier molecular flexibility index (Phi) is 1.11. The molecule has 0 saturated carbocycles. The lowest BCUT2D eigenvalue weighted by Crippen LogP contribution is -1.80. The van der Waals surface area contributed by atoms with Gasteiger partial charge in [0.15, 0.2) is 5.65 Å². The van der Waals surface area contributed by atoms with E-state index in [9.17, 15) is 0 Å². The predicted molar refractivity (Wildman–Crippen MR) is 42.0 cm³/mol. The Morgan fingerprint density at radius 1 is 1.70 bits per heavy atom. The van der Waals surface area contributed by atoms with E-state index in [1.165, 1.54) is 0 Å². The summed E-state index contributed by atoms with van der Waals surface area (Å²) < 4.78 is 2.84. The molecule has 2 heterocycles. The number of aromatic nitrogens is 3. The summed E-state index contributed by atoms with van der Waals surface area (Å²) in [7, 11) is 0. The highest BCUT2D eigenvalue weighted by atomic mass is 79.9. The molecule has 1 N–H and O–H groups in total. The van der Waals surface area contributed by atoms with E-state index in [4.69, 9.17) is 0 Å². The summed E-state index contributed by atoms with van der Waals surface area (Å²) in [4.78, 5) is 4.16. The zero-order chi connectivity index (χ0) is 7.14. The van der Waals surface area contributed by atoms with Crippen molar-refractivity contribution in [3.63, 3.8) is 0 Å². The predicted octanol–water partition coefficient (Wildman–Crippen LogP) is 1.73. The van der Waals surface area contributed by atoms with Gasteiger partial charge >= 0.3 is 0 Å². The van der Waals surface area contributed by atoms with Crippen molar-refractivity contribution < 1.29 is 0 Å². The zero-order valence-corrected chi connectivity index (χ0v) is 7.01. The Morgan fingerprint density at radius 3 is 3.20 bits per heavy atom. The summed E-state index contributed by atoms with van der Waals surface area (Å²) in [6.07, 6.45) is 3.70. The van der Waals surface area contributed by atoms with Crippen LogP contribution in [0.25, 0.3) is 5.65 Å². The zero-order valence-electron chi connectivity index (χ0n) is 5.43. The standard InChI is InChI=1S/C6H6BrN3/c1-4-2-9-10-5(7)3-8-6(4)10/h2-3,9H,1H3. The number of aryl methyl sites for hydroxylation is 1. The number of hydrogen-bond acceptors (Lipinski definition) is 1. The van der Waals surface area contributed by atoms with Crippen molar-refractivity contribution in [2.24, 2.45) is 0 Å². The monoisotopic (exact) mass is 199 g/mol. The van der Waals surface area contributed by atoms with Gasteiger partial charge in [-0.3, -0.25) is 5.10 Å². The van der Waals surface area contributed by atoms with Gasteiger partial charge in [-0.2, -0.15) is 0 Å². The fourth-order valence-corrected chi connectivity index (χ4v) is 1.33. The van der Waals surface area contributed by atoms with Gasteiger partial charge in [0.25, 0.3) is 0 Å². The molecule has 2 aromatic rings. The van der Waals surface area contributed by atoms with E-state index < -0.39 is 0 Å². The molecule has 0 unspecified atom stereocenters. The molecule has 0 amide bonds. The molecule has 0 aliphatic rings. The van der Waals surface area contributed by atoms with Crippen LogP contribution in [0.1, 0.15) is 5.56 Å². The average Bonchev–Trinajstić information content (AvgIpc) is 2.41. The first kappa shape index (κ1) is 5.97. The second kappa shape index (κ2) is 1.85. The Morgan fingerprint density at radius 2 is 2.50 bits per heavy atom. The number of nitrogens with one attached hydrogen (secondary N) is 1. The molecule has 0 aliphatic heterocycles. The van der Waals surface area contributed by atoms with Gasteiger partial charge < -0.3 is 0 Å². The topological polar surface area (TPSA) is 33.1 Å². The van der Waals surface area contributed by atoms with Gasteiger partial charge in [-0.1, -0.05) is 0 Å². The minimum absolute atomic E-state index is 0.954. The maximum absolute atomic E-state index is 4.16. The molecule has 2 aromatic heterocycles. The molecule has 2 rings (SSSR count). The van der Waals surface area contributed by atoms with Crippen LogP contribution in [0.5, 0.6) is 0 Å². The minimum Gasteiger partial charge on any atom is -0.299 e. The first-order chi connectivity index (χ1) is 4.79. The van der Waals surface area contributed by atoms with Gasteiger partial charge in [-0.15, -0.1) is 0 Å². The number of aromatic amines is 1. The number of imidazole rings is 1. The number of fused-ring (bicyclic) bond motifs is 1. The summed E-state index contributed by atoms with van der Waals surface area (Å²) in [5.74, 6) is 0. The smallest absolute Gasteiger partial charge is 0.156 e. The third-order valence-electron chi connectivity index (χ3n) is 1.48. The molecule has 3 nitrogen and oxygen atoms in total. The van der Waals surface area contributed by atoms with Gasteiger partial charge in [0.2, 0.25) is 0 Å². The third-order valence-corrected chi connectivity index (χ3v) is 2.04. The molecule has 0 aliphatic carbocycles. The van der Waals surface area contributed by atoms with Crippen LogP contribution in [0, 0.1) is 6.92 Å². The van der Waals surface area contributed by atoms with E-state index in [1.807, 2.05) is 17.6 Å². The van der Waals surface area contributed by atoms with Crippen LogP contribution >= 0.6 is 15.9 Å². The van der Waals surface area contributed by atoms with Crippen LogP contribution in [0.15, 0.2) is 17.0 Å². The van der Waals surface area contributed by atoms with Crippen molar-refractivity contribution in [1.29, 1.82) is 0 Å². The molecule has 4 heteroatoms. The molecule has 0 saturated heterocycles. The fourth-order valence-electron chi connectivity index (χ4n) is 0.958. The van der Waals surface area contributed by atoms with Crippen LogP contribution in [0.3, 0.4) is 0 Å². The molecular weight excluding hydrogens is 194 g/mol. The van der Waals surface area contributed by atoms with Crippen LogP contribution in [0.4, 0.5) is 0 Å². The van der Waals surface area contributed by atoms with Gasteiger partial charge in [0.1, 0.15) is 4.60 Å². The second-order valence-corrected chi connectivity index (χ2v) is 3.01. The van der Waals surface area contributed by atoms with Crippen LogP contribution in [-0.4, -0.2) is 14.6 Å². The SMILES string of the molecule is Cc1c[nH]n2c(Br)cnc12. The van der Waals surface area contributed by atoms with Crippen LogP contribution in [0.2, 0.25) is 0 Å². The quantitative estimate of drug-likeness (QED) is 0.690. The Hall–Kier alpha value is -0.770. The van der Waals surface area contributed by atoms with Crippen molar-refractivity contribution in [2.75, 3.05) is 0 Å². The van der Waals surface area contributed by atoms with Gasteiger partial charge in [0.05, 0.1) is 6.20 Å². The summed E-state index contributed by atoms with van der Waals surface area (Å²) >= 11 is 3.35. The number of hydrogen-bond donors (Lipinski definition) is 1. The van der Waals surface area contributed by atoms with E-state index in [0.717, 1.165) is 15.8 Å². The van der Waals surface area contributed by atoms with E-state index in [-0.39, 0.29) is 0 Å². The molecule has 0 fully saturated rings. The van der Waals surface area contributed by atoms with E-state index in [1.54, 1.807) is 6.20 Å². The largest absolute Gasteiger partial charge is 0.299 e.